The molecule has 1 saturated carbocycles. The molecule has 0 amide bonds. The second-order valence-electron chi connectivity index (χ2n) is 4.45. The fourth-order valence-electron chi connectivity index (χ4n) is 2.11. The Balaban J connectivity index is 2.58. The van der Waals surface area contributed by atoms with Crippen LogP contribution in [0.5, 0.6) is 0 Å². The largest absolute Gasteiger partial charge is 0.393 e. The van der Waals surface area contributed by atoms with Gasteiger partial charge in [-0.3, -0.25) is 0 Å². The van der Waals surface area contributed by atoms with Crippen molar-refractivity contribution in [2.75, 3.05) is 0 Å². The highest BCUT2D eigenvalue weighted by Gasteiger charge is 2.36. The predicted octanol–water partition coefficient (Wildman–Crippen LogP) is 2.58. The molecule has 0 aromatic carbocycles. The van der Waals surface area contributed by atoms with Crippen LogP contribution in [0.4, 0.5) is 0 Å². The van der Waals surface area contributed by atoms with E-state index in [4.69, 9.17) is 0 Å². The van der Waals surface area contributed by atoms with Crippen LogP contribution in [0.3, 0.4) is 0 Å². The Hall–Kier alpha value is -0.0400. The second kappa shape index (κ2) is 3.14. The molecule has 0 aliphatic heterocycles. The van der Waals surface area contributed by atoms with Crippen LogP contribution in [0.1, 0.15) is 46.5 Å². The molecule has 1 N–H and O–H groups in total. The van der Waals surface area contributed by atoms with Crippen LogP contribution in [0, 0.1) is 11.3 Å². The van der Waals surface area contributed by atoms with E-state index >= 15 is 0 Å². The zero-order valence-electron chi connectivity index (χ0n) is 7.93. The Kier molecular flexibility index (Phi) is 2.58. The summed E-state index contributed by atoms with van der Waals surface area (Å²) in [7, 11) is 0. The lowest BCUT2D eigenvalue weighted by molar-refractivity contribution is 0.0565. The second-order valence-corrected chi connectivity index (χ2v) is 4.45. The molecule has 1 heteroatoms. The summed E-state index contributed by atoms with van der Waals surface area (Å²) >= 11 is 0. The average molecular weight is 156 g/mol. The average Bonchev–Trinajstić information content (AvgIpc) is 2.36. The first-order chi connectivity index (χ1) is 5.08. The first-order valence-corrected chi connectivity index (χ1v) is 4.76. The van der Waals surface area contributed by atoms with E-state index < -0.39 is 0 Å². The molecule has 2 atom stereocenters. The highest BCUT2D eigenvalue weighted by molar-refractivity contribution is 4.86. The molecule has 1 rings (SSSR count). The molecule has 0 aromatic rings. The van der Waals surface area contributed by atoms with Gasteiger partial charge in [0.15, 0.2) is 0 Å². The third-order valence-corrected chi connectivity index (χ3v) is 3.39. The fourth-order valence-corrected chi connectivity index (χ4v) is 2.11. The van der Waals surface area contributed by atoms with Crippen molar-refractivity contribution in [3.63, 3.8) is 0 Å². The minimum absolute atomic E-state index is 0.0232. The molecule has 0 spiro atoms. The van der Waals surface area contributed by atoms with Crippen LogP contribution in [-0.4, -0.2) is 11.2 Å². The molecule has 0 bridgehead atoms. The van der Waals surface area contributed by atoms with E-state index in [2.05, 4.69) is 20.8 Å². The Bertz CT molecular complexity index is 129. The number of rotatable bonds is 2. The molecule has 0 radical (unpaired) electrons. The van der Waals surface area contributed by atoms with Gasteiger partial charge in [-0.15, -0.1) is 0 Å². The van der Waals surface area contributed by atoms with Crippen LogP contribution < -0.4 is 0 Å². The molecule has 1 aliphatic rings. The van der Waals surface area contributed by atoms with Crippen molar-refractivity contribution in [1.82, 2.24) is 0 Å². The molecular weight excluding hydrogens is 136 g/mol. The van der Waals surface area contributed by atoms with E-state index in [1.165, 1.54) is 19.3 Å². The zero-order valence-corrected chi connectivity index (χ0v) is 7.93. The van der Waals surface area contributed by atoms with Gasteiger partial charge in [-0.25, -0.2) is 0 Å². The van der Waals surface area contributed by atoms with E-state index in [1.54, 1.807) is 0 Å². The summed E-state index contributed by atoms with van der Waals surface area (Å²) in [5.41, 5.74) is 0.343. The third-order valence-electron chi connectivity index (χ3n) is 3.39. The fraction of sp³-hybridized carbons (Fsp3) is 1.00. The van der Waals surface area contributed by atoms with Gasteiger partial charge in [-0.05, 0) is 24.2 Å². The lowest BCUT2D eigenvalue weighted by Crippen LogP contribution is -2.29. The lowest BCUT2D eigenvalue weighted by Gasteiger charge is -2.32. The van der Waals surface area contributed by atoms with E-state index in [0.717, 1.165) is 6.42 Å². The van der Waals surface area contributed by atoms with Gasteiger partial charge in [0.1, 0.15) is 0 Å². The summed E-state index contributed by atoms with van der Waals surface area (Å²) in [4.78, 5) is 0. The quantitative estimate of drug-likeness (QED) is 0.651. The van der Waals surface area contributed by atoms with Crippen molar-refractivity contribution in [2.45, 2.75) is 52.6 Å². The van der Waals surface area contributed by atoms with Gasteiger partial charge in [0.2, 0.25) is 0 Å². The van der Waals surface area contributed by atoms with E-state index in [9.17, 15) is 5.11 Å². The summed E-state index contributed by atoms with van der Waals surface area (Å²) in [6.45, 7) is 6.75. The van der Waals surface area contributed by atoms with Crippen molar-refractivity contribution in [2.24, 2.45) is 11.3 Å². The van der Waals surface area contributed by atoms with Crippen molar-refractivity contribution < 1.29 is 5.11 Å². The van der Waals surface area contributed by atoms with Crippen LogP contribution in [0.2, 0.25) is 0 Å². The SMILES string of the molecule is CCC(C)(C)C1CCCC1O. The lowest BCUT2D eigenvalue weighted by atomic mass is 9.75. The summed E-state index contributed by atoms with van der Waals surface area (Å²) in [6.07, 6.45) is 4.62. The highest BCUT2D eigenvalue weighted by atomic mass is 16.3. The minimum atomic E-state index is -0.0232. The summed E-state index contributed by atoms with van der Waals surface area (Å²) in [5, 5.41) is 9.66. The van der Waals surface area contributed by atoms with Crippen LogP contribution in [0.25, 0.3) is 0 Å². The number of hydrogen-bond donors (Lipinski definition) is 1. The van der Waals surface area contributed by atoms with Crippen molar-refractivity contribution in [3.05, 3.63) is 0 Å². The zero-order chi connectivity index (χ0) is 8.48. The highest BCUT2D eigenvalue weighted by Crippen LogP contribution is 2.41. The van der Waals surface area contributed by atoms with Gasteiger partial charge >= 0.3 is 0 Å². The first kappa shape index (κ1) is 9.05. The van der Waals surface area contributed by atoms with Crippen molar-refractivity contribution in [3.8, 4) is 0 Å². The summed E-state index contributed by atoms with van der Waals surface area (Å²) in [5.74, 6) is 0.549. The molecule has 0 heterocycles. The summed E-state index contributed by atoms with van der Waals surface area (Å²) in [6, 6.07) is 0. The van der Waals surface area contributed by atoms with Crippen LogP contribution in [0.15, 0.2) is 0 Å². The monoisotopic (exact) mass is 156 g/mol. The molecular formula is C10H20O. The minimum Gasteiger partial charge on any atom is -0.393 e. The molecule has 0 aromatic heterocycles. The van der Waals surface area contributed by atoms with Gasteiger partial charge in [0.05, 0.1) is 6.10 Å². The summed E-state index contributed by atoms with van der Waals surface area (Å²) < 4.78 is 0. The van der Waals surface area contributed by atoms with Gasteiger partial charge in [0.25, 0.3) is 0 Å². The van der Waals surface area contributed by atoms with Gasteiger partial charge < -0.3 is 5.11 Å². The van der Waals surface area contributed by atoms with Gasteiger partial charge in [-0.2, -0.15) is 0 Å². The molecule has 1 aliphatic carbocycles. The molecule has 1 nitrogen and oxygen atoms in total. The molecule has 0 saturated heterocycles. The van der Waals surface area contributed by atoms with E-state index in [-0.39, 0.29) is 6.10 Å². The first-order valence-electron chi connectivity index (χ1n) is 4.76. The van der Waals surface area contributed by atoms with Crippen molar-refractivity contribution in [1.29, 1.82) is 0 Å². The molecule has 66 valence electrons. The van der Waals surface area contributed by atoms with Crippen molar-refractivity contribution >= 4 is 0 Å². The Morgan fingerprint density at radius 3 is 2.36 bits per heavy atom. The standard InChI is InChI=1S/C10H20O/c1-4-10(2,3)8-6-5-7-9(8)11/h8-9,11H,4-7H2,1-3H3. The topological polar surface area (TPSA) is 20.2 Å². The maximum absolute atomic E-state index is 9.66. The van der Waals surface area contributed by atoms with E-state index in [0.29, 0.717) is 11.3 Å². The molecule has 1 fully saturated rings. The van der Waals surface area contributed by atoms with Gasteiger partial charge in [-0.1, -0.05) is 33.6 Å². The van der Waals surface area contributed by atoms with Crippen LogP contribution >= 0.6 is 0 Å². The number of aliphatic hydroxyl groups is 1. The Morgan fingerprint density at radius 1 is 1.36 bits per heavy atom. The number of hydrogen-bond acceptors (Lipinski definition) is 1. The smallest absolute Gasteiger partial charge is 0.0573 e. The normalized spacial score (nSPS) is 32.7. The molecule has 11 heavy (non-hydrogen) atoms. The van der Waals surface area contributed by atoms with E-state index in [1.807, 2.05) is 0 Å². The predicted molar refractivity (Wildman–Crippen MR) is 47.4 cm³/mol. The Morgan fingerprint density at radius 2 is 2.00 bits per heavy atom. The Labute approximate surface area is 69.8 Å². The maximum Gasteiger partial charge on any atom is 0.0573 e. The number of aliphatic hydroxyl groups excluding tert-OH is 1. The molecule has 2 unspecified atom stereocenters. The van der Waals surface area contributed by atoms with Gasteiger partial charge in [0, 0.05) is 0 Å². The maximum atomic E-state index is 9.66. The third kappa shape index (κ3) is 1.76. The van der Waals surface area contributed by atoms with Crippen LogP contribution in [-0.2, 0) is 0 Å².